The quantitative estimate of drug-likeness (QED) is 0.297. The van der Waals surface area contributed by atoms with Gasteiger partial charge in [0.1, 0.15) is 0 Å². The van der Waals surface area contributed by atoms with Gasteiger partial charge in [-0.15, -0.1) is 0 Å². The molecule has 0 radical (unpaired) electrons. The maximum atomic E-state index is 4.67. The first-order valence-electron chi connectivity index (χ1n) is 9.37. The van der Waals surface area contributed by atoms with Crippen LogP contribution in [0.25, 0.3) is 11.2 Å². The average Bonchev–Trinajstić information content (AvgIpc) is 3.29. The van der Waals surface area contributed by atoms with E-state index in [0.717, 1.165) is 10.5 Å². The summed E-state index contributed by atoms with van der Waals surface area (Å²) in [6, 6.07) is 32.7. The van der Waals surface area contributed by atoms with Gasteiger partial charge in [-0.1, -0.05) is 0 Å². The second-order valence-electron chi connectivity index (χ2n) is 6.66. The van der Waals surface area contributed by atoms with Crippen LogP contribution >= 0.6 is 8.95 Å². The first-order valence-corrected chi connectivity index (χ1v) is 18.0. The number of aromatic nitrogens is 4. The second kappa shape index (κ2) is 8.00. The summed E-state index contributed by atoms with van der Waals surface area (Å²) in [5.41, 5.74) is 1.61. The monoisotopic (exact) mass is 502 g/mol. The predicted molar refractivity (Wildman–Crippen MR) is 122 cm³/mol. The van der Waals surface area contributed by atoms with Crippen LogP contribution in [0.4, 0.5) is 0 Å². The number of H-pyrrole nitrogens is 1. The Morgan fingerprint density at radius 2 is 1.14 bits per heavy atom. The van der Waals surface area contributed by atoms with E-state index in [1.165, 1.54) is 10.7 Å². The van der Waals surface area contributed by atoms with Gasteiger partial charge in [0.15, 0.2) is 0 Å². The molecule has 0 unspecified atom stereocenters. The third-order valence-electron chi connectivity index (χ3n) is 4.98. The molecule has 2 aromatic heterocycles. The van der Waals surface area contributed by atoms with E-state index in [4.69, 9.17) is 0 Å². The molecule has 0 aliphatic heterocycles. The van der Waals surface area contributed by atoms with Crippen molar-refractivity contribution in [2.75, 3.05) is 0 Å². The molecular weight excluding hydrogens is 483 g/mol. The standard InChI is InChI=1S/3C6H5.C5H4N4S.Sn/c3*1-2-4-6-5-3-1;10-5-3-4(7-1-6-3)8-2-9-5;/h3*1-5H;1-2H,(H2,6,7,8,9,10);/q;;;;+1/p-1. The Kier molecular flexibility index (Phi) is 5.08. The first kappa shape index (κ1) is 18.4. The van der Waals surface area contributed by atoms with Crippen LogP contribution in [0.5, 0.6) is 0 Å². The molecule has 1 N–H and O–H groups in total. The Bertz CT molecular complexity index is 1130. The van der Waals surface area contributed by atoms with Crippen molar-refractivity contribution in [1.82, 2.24) is 19.9 Å². The molecule has 0 spiro atoms. The average molecular weight is 501 g/mol. The zero-order valence-electron chi connectivity index (χ0n) is 15.6. The number of imidazole rings is 1. The Balaban J connectivity index is 1.82. The van der Waals surface area contributed by atoms with Crippen molar-refractivity contribution in [2.24, 2.45) is 0 Å². The van der Waals surface area contributed by atoms with Crippen molar-refractivity contribution < 1.29 is 0 Å². The van der Waals surface area contributed by atoms with Crippen LogP contribution in [-0.4, -0.2) is 36.9 Å². The van der Waals surface area contributed by atoms with Gasteiger partial charge in [0.05, 0.1) is 0 Å². The second-order valence-corrected chi connectivity index (χ2v) is 21.9. The topological polar surface area (TPSA) is 54.5 Å². The molecule has 0 aliphatic carbocycles. The zero-order chi connectivity index (χ0) is 19.5. The molecule has 2 heterocycles. The number of rotatable bonds is 5. The molecule has 3 aromatic carbocycles. The first-order chi connectivity index (χ1) is 14.4. The molecule has 5 rings (SSSR count). The fourth-order valence-electron chi connectivity index (χ4n) is 3.66. The van der Waals surface area contributed by atoms with Crippen LogP contribution in [-0.2, 0) is 0 Å². The number of nitrogens with zero attached hydrogens (tertiary/aromatic N) is 3. The summed E-state index contributed by atoms with van der Waals surface area (Å²) in [5, 5.41) is 0.958. The van der Waals surface area contributed by atoms with Crippen molar-refractivity contribution in [3.05, 3.63) is 104 Å². The van der Waals surface area contributed by atoms with E-state index in [1.807, 2.05) is 8.95 Å². The predicted octanol–water partition coefficient (Wildman–Crippen LogP) is 3.11. The molecule has 0 amide bonds. The summed E-state index contributed by atoms with van der Waals surface area (Å²) < 4.78 is 4.20. The molecule has 5 aromatic rings. The summed E-state index contributed by atoms with van der Waals surface area (Å²) in [6.45, 7) is 0. The van der Waals surface area contributed by atoms with Crippen molar-refractivity contribution in [3.8, 4) is 0 Å². The van der Waals surface area contributed by atoms with E-state index in [9.17, 15) is 0 Å². The van der Waals surface area contributed by atoms with E-state index in [2.05, 4.69) is 111 Å². The number of fused-ring (bicyclic) bond motifs is 1. The minimum atomic E-state index is -3.50. The Morgan fingerprint density at radius 3 is 1.66 bits per heavy atom. The molecule has 0 atom stereocenters. The fraction of sp³-hybridized carbons (Fsp3) is 0. The maximum absolute atomic E-state index is 4.67. The van der Waals surface area contributed by atoms with Crippen molar-refractivity contribution >= 4 is 47.8 Å². The number of aromatic amines is 1. The third-order valence-corrected chi connectivity index (χ3v) is 24.6. The van der Waals surface area contributed by atoms with Gasteiger partial charge in [0, 0.05) is 0 Å². The van der Waals surface area contributed by atoms with Crippen LogP contribution in [0.2, 0.25) is 0 Å². The molecule has 6 heteroatoms. The zero-order valence-corrected chi connectivity index (χ0v) is 19.2. The summed E-state index contributed by atoms with van der Waals surface area (Å²) in [5.74, 6) is 0. The summed E-state index contributed by atoms with van der Waals surface area (Å²) in [4.78, 5) is 16.6. The Morgan fingerprint density at radius 1 is 0.621 bits per heavy atom. The van der Waals surface area contributed by atoms with Crippen LogP contribution < -0.4 is 10.7 Å². The summed E-state index contributed by atoms with van der Waals surface area (Å²) >= 11 is -3.50. The molecule has 4 nitrogen and oxygen atoms in total. The van der Waals surface area contributed by atoms with Gasteiger partial charge in [-0.05, 0) is 0 Å². The SMILES string of the molecule is c1cc[c]([Sn]([S]c2ncnc3nc[nH]c23)([c]2ccccc2)[c]2ccccc2)cc1. The van der Waals surface area contributed by atoms with Crippen LogP contribution in [0, 0.1) is 0 Å². The van der Waals surface area contributed by atoms with Gasteiger partial charge in [-0.25, -0.2) is 0 Å². The van der Waals surface area contributed by atoms with E-state index >= 15 is 0 Å². The molecule has 0 aliphatic rings. The molecule has 0 saturated carbocycles. The molecule has 140 valence electrons. The number of benzene rings is 3. The molecule has 0 bridgehead atoms. The van der Waals surface area contributed by atoms with Gasteiger partial charge in [-0.3, -0.25) is 0 Å². The molecule has 29 heavy (non-hydrogen) atoms. The molecule has 0 fully saturated rings. The van der Waals surface area contributed by atoms with Gasteiger partial charge in [0.25, 0.3) is 0 Å². The van der Waals surface area contributed by atoms with Crippen LogP contribution in [0.3, 0.4) is 0 Å². The Hall–Kier alpha value is -2.64. The van der Waals surface area contributed by atoms with Gasteiger partial charge >= 0.3 is 176 Å². The van der Waals surface area contributed by atoms with Gasteiger partial charge in [-0.2, -0.15) is 0 Å². The third kappa shape index (κ3) is 3.34. The fourth-order valence-corrected chi connectivity index (χ4v) is 22.8. The molecular formula is C23H18N4SSn. The normalized spacial score (nSPS) is 11.6. The molecule has 0 saturated heterocycles. The van der Waals surface area contributed by atoms with Crippen LogP contribution in [0.1, 0.15) is 0 Å². The summed E-state index contributed by atoms with van der Waals surface area (Å²) in [6.07, 6.45) is 3.30. The van der Waals surface area contributed by atoms with Gasteiger partial charge in [0.2, 0.25) is 0 Å². The Labute approximate surface area is 175 Å². The number of hydrogen-bond acceptors (Lipinski definition) is 4. The van der Waals surface area contributed by atoms with E-state index in [1.54, 1.807) is 12.7 Å². The summed E-state index contributed by atoms with van der Waals surface area (Å²) in [7, 11) is 1.92. The van der Waals surface area contributed by atoms with Crippen LogP contribution in [0.15, 0.2) is 109 Å². The van der Waals surface area contributed by atoms with Crippen molar-refractivity contribution in [3.63, 3.8) is 0 Å². The van der Waals surface area contributed by atoms with E-state index < -0.39 is 17.0 Å². The van der Waals surface area contributed by atoms with Crippen molar-refractivity contribution in [2.45, 2.75) is 5.03 Å². The van der Waals surface area contributed by atoms with Crippen molar-refractivity contribution in [1.29, 1.82) is 0 Å². The van der Waals surface area contributed by atoms with E-state index in [-0.39, 0.29) is 0 Å². The van der Waals surface area contributed by atoms with E-state index in [0.29, 0.717) is 5.65 Å². The number of hydrogen-bond donors (Lipinski definition) is 1. The van der Waals surface area contributed by atoms with Gasteiger partial charge < -0.3 is 0 Å². The minimum absolute atomic E-state index is 0.705. The number of nitrogens with one attached hydrogen (secondary N) is 1.